The van der Waals surface area contributed by atoms with Crippen LogP contribution in [0.25, 0.3) is 0 Å². The van der Waals surface area contributed by atoms with Crippen molar-refractivity contribution in [2.24, 2.45) is 17.1 Å². The molecule has 0 bridgehead atoms. The second-order valence-corrected chi connectivity index (χ2v) is 3.87. The van der Waals surface area contributed by atoms with Gasteiger partial charge in [-0.05, 0) is 37.0 Å². The first-order valence-electron chi connectivity index (χ1n) is 4.16. The van der Waals surface area contributed by atoms with E-state index in [0.29, 0.717) is 11.5 Å². The summed E-state index contributed by atoms with van der Waals surface area (Å²) in [6.07, 6.45) is 7.27. The highest BCUT2D eigenvalue weighted by Gasteiger charge is 2.53. The van der Waals surface area contributed by atoms with Gasteiger partial charge >= 0.3 is 0 Å². The summed E-state index contributed by atoms with van der Waals surface area (Å²) in [5.74, 6) is 0.897. The topological polar surface area (TPSA) is 26.0 Å². The van der Waals surface area contributed by atoms with Crippen LogP contribution in [-0.2, 0) is 0 Å². The van der Waals surface area contributed by atoms with E-state index in [2.05, 4.69) is 12.7 Å². The lowest BCUT2D eigenvalue weighted by atomic mass is 9.86. The zero-order valence-corrected chi connectivity index (χ0v) is 6.34. The molecule has 0 aromatic rings. The minimum atomic E-state index is 0.487. The molecule has 0 amide bonds. The van der Waals surface area contributed by atoms with Crippen molar-refractivity contribution in [3.8, 4) is 0 Å². The second-order valence-electron chi connectivity index (χ2n) is 3.87. The van der Waals surface area contributed by atoms with E-state index in [1.165, 1.54) is 25.7 Å². The van der Waals surface area contributed by atoms with Crippen LogP contribution in [0.3, 0.4) is 0 Å². The molecule has 0 aromatic carbocycles. The maximum Gasteiger partial charge on any atom is 0.00421 e. The summed E-state index contributed by atoms with van der Waals surface area (Å²) in [6, 6.07) is 0.487. The second kappa shape index (κ2) is 1.85. The Labute approximate surface area is 62.3 Å². The van der Waals surface area contributed by atoms with Gasteiger partial charge in [-0.1, -0.05) is 6.08 Å². The van der Waals surface area contributed by atoms with Gasteiger partial charge in [-0.2, -0.15) is 0 Å². The van der Waals surface area contributed by atoms with Gasteiger partial charge in [-0.15, -0.1) is 6.58 Å². The maximum atomic E-state index is 5.83. The monoisotopic (exact) mass is 137 g/mol. The molecule has 3 unspecified atom stereocenters. The van der Waals surface area contributed by atoms with E-state index in [1.807, 2.05) is 0 Å². The van der Waals surface area contributed by atoms with E-state index in [9.17, 15) is 0 Å². The highest BCUT2D eigenvalue weighted by Crippen LogP contribution is 2.61. The Morgan fingerprint density at radius 2 is 2.40 bits per heavy atom. The molecule has 2 aliphatic rings. The standard InChI is InChI=1S/C9H15N/c1-2-9-4-3-8(10)5-7(9)6-9/h2,7-8H,1,3-6,10H2. The smallest absolute Gasteiger partial charge is 0.00421 e. The molecule has 0 saturated heterocycles. The van der Waals surface area contributed by atoms with Crippen LogP contribution < -0.4 is 5.73 Å². The van der Waals surface area contributed by atoms with Gasteiger partial charge in [0.15, 0.2) is 0 Å². The van der Waals surface area contributed by atoms with Crippen LogP contribution >= 0.6 is 0 Å². The van der Waals surface area contributed by atoms with E-state index >= 15 is 0 Å². The van der Waals surface area contributed by atoms with Crippen LogP contribution in [0.2, 0.25) is 0 Å². The summed E-state index contributed by atoms with van der Waals surface area (Å²) in [4.78, 5) is 0. The molecule has 2 fully saturated rings. The van der Waals surface area contributed by atoms with Crippen molar-refractivity contribution in [3.63, 3.8) is 0 Å². The fourth-order valence-corrected chi connectivity index (χ4v) is 2.31. The lowest BCUT2D eigenvalue weighted by molar-refractivity contribution is 0.363. The maximum absolute atomic E-state index is 5.83. The Morgan fingerprint density at radius 1 is 1.60 bits per heavy atom. The van der Waals surface area contributed by atoms with Gasteiger partial charge in [-0.25, -0.2) is 0 Å². The third kappa shape index (κ3) is 0.734. The van der Waals surface area contributed by atoms with Gasteiger partial charge in [0.2, 0.25) is 0 Å². The number of rotatable bonds is 1. The third-order valence-electron chi connectivity index (χ3n) is 3.25. The van der Waals surface area contributed by atoms with Gasteiger partial charge in [0.25, 0.3) is 0 Å². The molecule has 0 aliphatic heterocycles. The lowest BCUT2D eigenvalue weighted by Crippen LogP contribution is -2.26. The van der Waals surface area contributed by atoms with Gasteiger partial charge in [0.05, 0.1) is 0 Å². The number of hydrogen-bond donors (Lipinski definition) is 1. The number of allylic oxidation sites excluding steroid dienone is 1. The fraction of sp³-hybridized carbons (Fsp3) is 0.778. The molecule has 0 aromatic heterocycles. The molecular weight excluding hydrogens is 122 g/mol. The van der Waals surface area contributed by atoms with E-state index in [0.717, 1.165) is 5.92 Å². The van der Waals surface area contributed by atoms with Crippen molar-refractivity contribution in [1.82, 2.24) is 0 Å². The fourth-order valence-electron chi connectivity index (χ4n) is 2.31. The Hall–Kier alpha value is -0.300. The van der Waals surface area contributed by atoms with Crippen molar-refractivity contribution in [3.05, 3.63) is 12.7 Å². The zero-order chi connectivity index (χ0) is 7.19. The zero-order valence-electron chi connectivity index (χ0n) is 6.34. The Morgan fingerprint density at radius 3 is 3.00 bits per heavy atom. The first-order valence-corrected chi connectivity index (χ1v) is 4.16. The van der Waals surface area contributed by atoms with Crippen LogP contribution in [0, 0.1) is 11.3 Å². The predicted molar refractivity (Wildman–Crippen MR) is 42.6 cm³/mol. The van der Waals surface area contributed by atoms with Crippen molar-refractivity contribution in [2.75, 3.05) is 0 Å². The van der Waals surface area contributed by atoms with Gasteiger partial charge < -0.3 is 5.73 Å². The SMILES string of the molecule is C=CC12CCC(N)CC1C2. The van der Waals surface area contributed by atoms with Crippen LogP contribution in [0.1, 0.15) is 25.7 Å². The molecule has 2 N–H and O–H groups in total. The highest BCUT2D eigenvalue weighted by molar-refractivity contribution is 5.15. The van der Waals surface area contributed by atoms with E-state index in [1.54, 1.807) is 0 Å². The first kappa shape index (κ1) is 6.41. The van der Waals surface area contributed by atoms with Crippen LogP contribution in [0.15, 0.2) is 12.7 Å². The first-order chi connectivity index (χ1) is 4.77. The summed E-state index contributed by atoms with van der Waals surface area (Å²) in [6.45, 7) is 3.88. The molecule has 0 spiro atoms. The molecule has 2 aliphatic carbocycles. The van der Waals surface area contributed by atoms with E-state index in [-0.39, 0.29) is 0 Å². The van der Waals surface area contributed by atoms with Crippen molar-refractivity contribution in [2.45, 2.75) is 31.7 Å². The molecule has 1 heteroatoms. The predicted octanol–water partition coefficient (Wildman–Crippen LogP) is 1.69. The van der Waals surface area contributed by atoms with E-state index < -0.39 is 0 Å². The summed E-state index contributed by atoms with van der Waals surface area (Å²) in [7, 11) is 0. The van der Waals surface area contributed by atoms with E-state index in [4.69, 9.17) is 5.73 Å². The van der Waals surface area contributed by atoms with Crippen LogP contribution in [0.4, 0.5) is 0 Å². The Balaban J connectivity index is 2.05. The molecule has 56 valence electrons. The largest absolute Gasteiger partial charge is 0.328 e. The minimum absolute atomic E-state index is 0.487. The summed E-state index contributed by atoms with van der Waals surface area (Å²) in [5, 5.41) is 0. The van der Waals surface area contributed by atoms with Gasteiger partial charge in [0, 0.05) is 6.04 Å². The number of hydrogen-bond acceptors (Lipinski definition) is 1. The molecule has 0 radical (unpaired) electrons. The molecule has 3 atom stereocenters. The average molecular weight is 137 g/mol. The average Bonchev–Trinajstić information content (AvgIpc) is 2.62. The minimum Gasteiger partial charge on any atom is -0.328 e. The number of nitrogens with two attached hydrogens (primary N) is 1. The van der Waals surface area contributed by atoms with Crippen molar-refractivity contribution < 1.29 is 0 Å². The Kier molecular flexibility index (Phi) is 1.19. The van der Waals surface area contributed by atoms with Crippen molar-refractivity contribution >= 4 is 0 Å². The number of fused-ring (bicyclic) bond motifs is 1. The molecule has 2 saturated carbocycles. The molecule has 1 nitrogen and oxygen atoms in total. The summed E-state index contributed by atoms with van der Waals surface area (Å²) in [5.41, 5.74) is 6.38. The Bertz CT molecular complexity index is 164. The van der Waals surface area contributed by atoms with Gasteiger partial charge in [-0.3, -0.25) is 0 Å². The van der Waals surface area contributed by atoms with Crippen molar-refractivity contribution in [1.29, 1.82) is 0 Å². The quantitative estimate of drug-likeness (QED) is 0.547. The summed E-state index contributed by atoms with van der Waals surface area (Å²) < 4.78 is 0. The van der Waals surface area contributed by atoms with Gasteiger partial charge in [0.1, 0.15) is 0 Å². The molecule has 10 heavy (non-hydrogen) atoms. The lowest BCUT2D eigenvalue weighted by Gasteiger charge is -2.22. The summed E-state index contributed by atoms with van der Waals surface area (Å²) >= 11 is 0. The van der Waals surface area contributed by atoms with Crippen LogP contribution in [0.5, 0.6) is 0 Å². The normalized spacial score (nSPS) is 51.7. The molecule has 2 rings (SSSR count). The molecular formula is C9H15N. The molecule has 0 heterocycles. The highest BCUT2D eigenvalue weighted by atomic mass is 14.7. The van der Waals surface area contributed by atoms with Crippen LogP contribution in [-0.4, -0.2) is 6.04 Å². The third-order valence-corrected chi connectivity index (χ3v) is 3.25.